The van der Waals surface area contributed by atoms with E-state index in [0.29, 0.717) is 29.3 Å². The average Bonchev–Trinajstić information content (AvgIpc) is 2.81. The number of para-hydroxylation sites is 1. The minimum atomic E-state index is -0.937. The first kappa shape index (κ1) is 14.6. The molecule has 1 atom stereocenters. The van der Waals surface area contributed by atoms with Gasteiger partial charge < -0.3 is 14.8 Å². The van der Waals surface area contributed by atoms with E-state index in [1.165, 1.54) is 6.42 Å². The zero-order valence-corrected chi connectivity index (χ0v) is 12.0. The molecular formula is C16H21NO3. The maximum absolute atomic E-state index is 11.4. The van der Waals surface area contributed by atoms with Gasteiger partial charge in [0.2, 0.25) is 0 Å². The fraction of sp³-hybridized carbons (Fsp3) is 0.438. The van der Waals surface area contributed by atoms with Gasteiger partial charge in [0.25, 0.3) is 0 Å². The van der Waals surface area contributed by atoms with Crippen LogP contribution >= 0.6 is 0 Å². The van der Waals surface area contributed by atoms with Crippen molar-refractivity contribution in [1.82, 2.24) is 5.32 Å². The first-order chi connectivity index (χ1) is 9.63. The third kappa shape index (κ3) is 3.20. The van der Waals surface area contributed by atoms with Crippen molar-refractivity contribution in [2.45, 2.75) is 45.7 Å². The van der Waals surface area contributed by atoms with Gasteiger partial charge in [0.15, 0.2) is 0 Å². The van der Waals surface area contributed by atoms with Gasteiger partial charge in [-0.2, -0.15) is 0 Å². The minimum absolute atomic E-state index is 0.274. The van der Waals surface area contributed by atoms with Crippen LogP contribution in [0.4, 0.5) is 0 Å². The second-order valence-electron chi connectivity index (χ2n) is 5.13. The number of aromatic carboxylic acids is 1. The monoisotopic (exact) mass is 275 g/mol. The Kier molecular flexibility index (Phi) is 4.79. The van der Waals surface area contributed by atoms with Gasteiger partial charge in [0.1, 0.15) is 16.9 Å². The predicted molar refractivity (Wildman–Crippen MR) is 79.0 cm³/mol. The number of carboxylic acids is 1. The fourth-order valence-electron chi connectivity index (χ4n) is 2.33. The highest BCUT2D eigenvalue weighted by Gasteiger charge is 2.19. The molecule has 0 aliphatic carbocycles. The number of rotatable bonds is 7. The number of carboxylic acid groups (broad SMARTS) is 1. The van der Waals surface area contributed by atoms with Gasteiger partial charge in [-0.25, -0.2) is 4.79 Å². The van der Waals surface area contributed by atoms with Crippen LogP contribution in [0.25, 0.3) is 11.0 Å². The van der Waals surface area contributed by atoms with Crippen LogP contribution < -0.4 is 5.32 Å². The highest BCUT2D eigenvalue weighted by molar-refractivity contribution is 6.03. The lowest BCUT2D eigenvalue weighted by Gasteiger charge is -2.12. The maximum atomic E-state index is 11.4. The molecule has 0 saturated carbocycles. The zero-order valence-electron chi connectivity index (χ0n) is 12.0. The van der Waals surface area contributed by atoms with Crippen LogP contribution in [0.2, 0.25) is 0 Å². The van der Waals surface area contributed by atoms with Crippen molar-refractivity contribution in [3.05, 3.63) is 35.6 Å². The number of unbranched alkanes of at least 4 members (excludes halogenated alkanes) is 1. The predicted octanol–water partition coefficient (Wildman–Crippen LogP) is 3.80. The van der Waals surface area contributed by atoms with Crippen molar-refractivity contribution in [2.75, 3.05) is 0 Å². The van der Waals surface area contributed by atoms with E-state index in [4.69, 9.17) is 4.42 Å². The molecule has 2 rings (SSSR count). The molecule has 0 amide bonds. The number of nitrogens with one attached hydrogen (secondary N) is 1. The van der Waals surface area contributed by atoms with E-state index < -0.39 is 5.97 Å². The molecule has 4 heteroatoms. The molecule has 0 saturated heterocycles. The molecule has 20 heavy (non-hydrogen) atoms. The molecule has 1 aromatic heterocycles. The third-order valence-electron chi connectivity index (χ3n) is 3.48. The Labute approximate surface area is 118 Å². The van der Waals surface area contributed by atoms with Gasteiger partial charge in [-0.3, -0.25) is 0 Å². The van der Waals surface area contributed by atoms with E-state index in [1.54, 1.807) is 12.1 Å². The Morgan fingerprint density at radius 1 is 1.40 bits per heavy atom. The lowest BCUT2D eigenvalue weighted by atomic mass is 10.1. The summed E-state index contributed by atoms with van der Waals surface area (Å²) in [7, 11) is 0. The molecule has 0 spiro atoms. The number of fused-ring (bicyclic) bond motifs is 1. The first-order valence-electron chi connectivity index (χ1n) is 7.10. The lowest BCUT2D eigenvalue weighted by molar-refractivity contribution is 0.0696. The Morgan fingerprint density at radius 2 is 2.15 bits per heavy atom. The molecule has 4 nitrogen and oxygen atoms in total. The van der Waals surface area contributed by atoms with Crippen molar-refractivity contribution < 1.29 is 14.3 Å². The summed E-state index contributed by atoms with van der Waals surface area (Å²) in [5.41, 5.74) is 0.902. The van der Waals surface area contributed by atoms with Crippen LogP contribution in [0.15, 0.2) is 28.7 Å². The van der Waals surface area contributed by atoms with Crippen molar-refractivity contribution in [2.24, 2.45) is 0 Å². The SMILES string of the molecule is CCCCC(C)NCc1oc2ccccc2c1C(=O)O. The fourth-order valence-corrected chi connectivity index (χ4v) is 2.33. The summed E-state index contributed by atoms with van der Waals surface area (Å²) in [4.78, 5) is 11.4. The quantitative estimate of drug-likeness (QED) is 0.806. The molecule has 0 radical (unpaired) electrons. The number of carbonyl (C=O) groups is 1. The summed E-state index contributed by atoms with van der Waals surface area (Å²) >= 11 is 0. The molecule has 0 aliphatic heterocycles. The molecule has 108 valence electrons. The molecule has 0 aliphatic rings. The van der Waals surface area contributed by atoms with E-state index >= 15 is 0 Å². The van der Waals surface area contributed by atoms with Crippen LogP contribution in [0.5, 0.6) is 0 Å². The number of hydrogen-bond acceptors (Lipinski definition) is 3. The standard InChI is InChI=1S/C16H21NO3/c1-3-4-7-11(2)17-10-14-15(16(18)19)12-8-5-6-9-13(12)20-14/h5-6,8-9,11,17H,3-4,7,10H2,1-2H3,(H,18,19). The molecule has 1 aromatic carbocycles. The summed E-state index contributed by atoms with van der Waals surface area (Å²) in [5, 5.41) is 13.4. The summed E-state index contributed by atoms with van der Waals surface area (Å²) in [6, 6.07) is 7.60. The Balaban J connectivity index is 2.17. The molecule has 0 bridgehead atoms. The molecule has 1 heterocycles. The Hall–Kier alpha value is -1.81. The average molecular weight is 275 g/mol. The van der Waals surface area contributed by atoms with Crippen LogP contribution in [-0.2, 0) is 6.54 Å². The normalized spacial score (nSPS) is 12.7. The molecule has 1 unspecified atom stereocenters. The number of benzene rings is 1. The van der Waals surface area contributed by atoms with Gasteiger partial charge in [-0.1, -0.05) is 38.0 Å². The maximum Gasteiger partial charge on any atom is 0.339 e. The van der Waals surface area contributed by atoms with E-state index in [-0.39, 0.29) is 5.56 Å². The number of furan rings is 1. The first-order valence-corrected chi connectivity index (χ1v) is 7.10. The lowest BCUT2D eigenvalue weighted by Crippen LogP contribution is -2.25. The van der Waals surface area contributed by atoms with Crippen molar-refractivity contribution >= 4 is 16.9 Å². The van der Waals surface area contributed by atoms with Crippen molar-refractivity contribution in [3.8, 4) is 0 Å². The van der Waals surface area contributed by atoms with Crippen molar-refractivity contribution in [3.63, 3.8) is 0 Å². The Bertz CT molecular complexity index is 588. The minimum Gasteiger partial charge on any atom is -0.478 e. The second-order valence-corrected chi connectivity index (χ2v) is 5.13. The van der Waals surface area contributed by atoms with E-state index in [9.17, 15) is 9.90 Å². The van der Waals surface area contributed by atoms with Gasteiger partial charge in [0.05, 0.1) is 6.54 Å². The van der Waals surface area contributed by atoms with E-state index in [0.717, 1.165) is 12.8 Å². The van der Waals surface area contributed by atoms with Crippen molar-refractivity contribution in [1.29, 1.82) is 0 Å². The van der Waals surface area contributed by atoms with E-state index in [2.05, 4.69) is 19.2 Å². The zero-order chi connectivity index (χ0) is 14.5. The van der Waals surface area contributed by atoms with Crippen LogP contribution in [-0.4, -0.2) is 17.1 Å². The van der Waals surface area contributed by atoms with Crippen LogP contribution in [0.3, 0.4) is 0 Å². The van der Waals surface area contributed by atoms with E-state index in [1.807, 2.05) is 12.1 Å². The van der Waals surface area contributed by atoms with Gasteiger partial charge in [0, 0.05) is 11.4 Å². The summed E-state index contributed by atoms with van der Waals surface area (Å²) in [6.07, 6.45) is 3.41. The highest BCUT2D eigenvalue weighted by Crippen LogP contribution is 2.25. The summed E-state index contributed by atoms with van der Waals surface area (Å²) in [5.74, 6) is -0.435. The van der Waals surface area contributed by atoms with Crippen LogP contribution in [0.1, 0.15) is 49.2 Å². The van der Waals surface area contributed by atoms with Crippen LogP contribution in [0, 0.1) is 0 Å². The largest absolute Gasteiger partial charge is 0.478 e. The molecule has 2 aromatic rings. The second kappa shape index (κ2) is 6.57. The highest BCUT2D eigenvalue weighted by atomic mass is 16.4. The number of hydrogen-bond donors (Lipinski definition) is 2. The summed E-state index contributed by atoms with van der Waals surface area (Å²) < 4.78 is 5.67. The topological polar surface area (TPSA) is 62.5 Å². The molecule has 0 fully saturated rings. The van der Waals surface area contributed by atoms with Gasteiger partial charge in [-0.05, 0) is 19.4 Å². The Morgan fingerprint density at radius 3 is 2.85 bits per heavy atom. The third-order valence-corrected chi connectivity index (χ3v) is 3.48. The van der Waals surface area contributed by atoms with Gasteiger partial charge in [-0.15, -0.1) is 0 Å². The smallest absolute Gasteiger partial charge is 0.339 e. The van der Waals surface area contributed by atoms with Gasteiger partial charge >= 0.3 is 5.97 Å². The summed E-state index contributed by atoms with van der Waals surface area (Å²) in [6.45, 7) is 4.72. The molecule has 2 N–H and O–H groups in total. The molecular weight excluding hydrogens is 254 g/mol.